The molecule has 0 spiro atoms. The van der Waals surface area contributed by atoms with Crippen LogP contribution < -0.4 is 5.48 Å². The van der Waals surface area contributed by atoms with Crippen molar-refractivity contribution in [2.45, 2.75) is 26.3 Å². The molecule has 2 nitrogen and oxygen atoms in total. The first-order valence-corrected chi connectivity index (χ1v) is 2.97. The predicted octanol–water partition coefficient (Wildman–Crippen LogP) is 0.892. The van der Waals surface area contributed by atoms with E-state index in [9.17, 15) is 0 Å². The summed E-state index contributed by atoms with van der Waals surface area (Å²) < 4.78 is 0. The first kappa shape index (κ1) is 9.50. The SMILES string of the molecule is C[C-]1CONC(C)C1.[V]. The minimum absolute atomic E-state index is 0. The zero-order valence-electron chi connectivity index (χ0n) is 5.85. The number of hydrogen-bond acceptors (Lipinski definition) is 2. The van der Waals surface area contributed by atoms with Gasteiger partial charge < -0.3 is 4.84 Å². The van der Waals surface area contributed by atoms with Gasteiger partial charge in [-0.1, -0.05) is 6.61 Å². The largest absolute Gasteiger partial charge is 0.334 e. The van der Waals surface area contributed by atoms with Crippen molar-refractivity contribution in [3.8, 4) is 0 Å². The van der Waals surface area contributed by atoms with Gasteiger partial charge in [-0.15, -0.1) is 0 Å². The van der Waals surface area contributed by atoms with E-state index in [0.717, 1.165) is 13.0 Å². The van der Waals surface area contributed by atoms with E-state index in [0.29, 0.717) is 6.04 Å². The van der Waals surface area contributed by atoms with Gasteiger partial charge in [0.1, 0.15) is 0 Å². The maximum atomic E-state index is 5.01. The molecule has 0 saturated carbocycles. The van der Waals surface area contributed by atoms with E-state index < -0.39 is 0 Å². The molecule has 1 heterocycles. The first-order chi connectivity index (χ1) is 3.79. The summed E-state index contributed by atoms with van der Waals surface area (Å²) in [5.74, 6) is 1.43. The van der Waals surface area contributed by atoms with Gasteiger partial charge in [0.15, 0.2) is 0 Å². The molecule has 9 heavy (non-hydrogen) atoms. The van der Waals surface area contributed by atoms with E-state index in [4.69, 9.17) is 4.84 Å². The Balaban J connectivity index is 0.000000640. The van der Waals surface area contributed by atoms with Crippen LogP contribution in [0.1, 0.15) is 20.3 Å². The quantitative estimate of drug-likeness (QED) is 0.538. The fraction of sp³-hybridized carbons (Fsp3) is 0.833. The van der Waals surface area contributed by atoms with Crippen molar-refractivity contribution in [1.82, 2.24) is 5.48 Å². The molecule has 1 unspecified atom stereocenters. The van der Waals surface area contributed by atoms with Gasteiger partial charge in [-0.05, 0) is 6.92 Å². The fourth-order valence-electron chi connectivity index (χ4n) is 0.930. The molecule has 1 radical (unpaired) electrons. The molecule has 3 heteroatoms. The molecule has 0 aliphatic carbocycles. The molecule has 0 aromatic heterocycles. The van der Waals surface area contributed by atoms with Crippen LogP contribution in [0.15, 0.2) is 0 Å². The minimum Gasteiger partial charge on any atom is -0.334 e. The smallest absolute Gasteiger partial charge is 0.00262 e. The molecule has 0 amide bonds. The predicted molar refractivity (Wildman–Crippen MR) is 32.1 cm³/mol. The summed E-state index contributed by atoms with van der Waals surface area (Å²) in [4.78, 5) is 5.01. The van der Waals surface area contributed by atoms with Gasteiger partial charge in [0.2, 0.25) is 0 Å². The Morgan fingerprint density at radius 1 is 1.67 bits per heavy atom. The van der Waals surface area contributed by atoms with Crippen LogP contribution in [0.2, 0.25) is 0 Å². The van der Waals surface area contributed by atoms with E-state index in [1.807, 2.05) is 0 Å². The molecule has 1 aliphatic rings. The Kier molecular flexibility index (Phi) is 4.58. The Hall–Kier alpha value is 0.504. The minimum atomic E-state index is 0. The number of hydroxylamine groups is 1. The van der Waals surface area contributed by atoms with Gasteiger partial charge in [-0.3, -0.25) is 5.92 Å². The molecule has 0 aromatic carbocycles. The van der Waals surface area contributed by atoms with Gasteiger partial charge in [0.05, 0.1) is 0 Å². The third-order valence-corrected chi connectivity index (χ3v) is 1.26. The van der Waals surface area contributed by atoms with Gasteiger partial charge in [0.25, 0.3) is 0 Å². The van der Waals surface area contributed by atoms with Gasteiger partial charge in [-0.25, -0.2) is 5.48 Å². The third-order valence-electron chi connectivity index (χ3n) is 1.26. The van der Waals surface area contributed by atoms with Crippen LogP contribution in [0.4, 0.5) is 0 Å². The summed E-state index contributed by atoms with van der Waals surface area (Å²) in [6.45, 7) is 5.02. The fourth-order valence-corrected chi connectivity index (χ4v) is 0.930. The molecule has 1 rings (SSSR count). The van der Waals surface area contributed by atoms with Crippen LogP contribution in [-0.2, 0) is 23.4 Å². The van der Waals surface area contributed by atoms with Gasteiger partial charge >= 0.3 is 0 Å². The molecule has 0 bridgehead atoms. The Bertz CT molecular complexity index is 71.5. The van der Waals surface area contributed by atoms with Crippen LogP contribution in [-0.4, -0.2) is 12.6 Å². The molecule has 53 valence electrons. The summed E-state index contributed by atoms with van der Waals surface area (Å²) in [7, 11) is 0. The van der Waals surface area contributed by atoms with Crippen molar-refractivity contribution < 1.29 is 23.4 Å². The molecule has 1 atom stereocenters. The van der Waals surface area contributed by atoms with E-state index in [-0.39, 0.29) is 18.6 Å². The topological polar surface area (TPSA) is 21.3 Å². The third kappa shape index (κ3) is 3.26. The van der Waals surface area contributed by atoms with E-state index in [1.165, 1.54) is 5.92 Å². The van der Waals surface area contributed by atoms with Gasteiger partial charge in [-0.2, -0.15) is 13.3 Å². The summed E-state index contributed by atoms with van der Waals surface area (Å²) in [6.07, 6.45) is 1.15. The second kappa shape index (κ2) is 4.34. The molecule has 1 saturated heterocycles. The monoisotopic (exact) mass is 165 g/mol. The van der Waals surface area contributed by atoms with Crippen LogP contribution in [0.5, 0.6) is 0 Å². The van der Waals surface area contributed by atoms with Crippen LogP contribution in [0.25, 0.3) is 0 Å². The van der Waals surface area contributed by atoms with E-state index in [2.05, 4.69) is 19.3 Å². The zero-order chi connectivity index (χ0) is 5.98. The maximum absolute atomic E-state index is 5.01. The average Bonchev–Trinajstić information content (AvgIpc) is 1.64. The number of hydrogen-bond donors (Lipinski definition) is 1. The second-order valence-corrected chi connectivity index (χ2v) is 2.47. The summed E-state index contributed by atoms with van der Waals surface area (Å²) in [5, 5.41) is 0. The molecule has 1 N–H and O–H groups in total. The van der Waals surface area contributed by atoms with Crippen LogP contribution in [0, 0.1) is 5.92 Å². The first-order valence-electron chi connectivity index (χ1n) is 2.97. The zero-order valence-corrected chi connectivity index (χ0v) is 7.24. The summed E-state index contributed by atoms with van der Waals surface area (Å²) in [5.41, 5.74) is 2.89. The van der Waals surface area contributed by atoms with Crippen molar-refractivity contribution in [3.63, 3.8) is 0 Å². The van der Waals surface area contributed by atoms with Crippen molar-refractivity contribution in [1.29, 1.82) is 0 Å². The number of nitrogens with one attached hydrogen (secondary N) is 1. The second-order valence-electron chi connectivity index (χ2n) is 2.47. The van der Waals surface area contributed by atoms with Crippen molar-refractivity contribution >= 4 is 0 Å². The molecule has 1 fully saturated rings. The Morgan fingerprint density at radius 2 is 2.33 bits per heavy atom. The van der Waals surface area contributed by atoms with E-state index >= 15 is 0 Å². The van der Waals surface area contributed by atoms with Crippen molar-refractivity contribution in [2.24, 2.45) is 0 Å². The molecular formula is C6H12NOV-. The Morgan fingerprint density at radius 3 is 2.67 bits per heavy atom. The maximum Gasteiger partial charge on any atom is 0.00262 e. The standard InChI is InChI=1S/C6H12NO.V/c1-5-3-6(2)7-8-4-5;/h6-7H,3-4H2,1-2H3;/q-1;. The van der Waals surface area contributed by atoms with Gasteiger partial charge in [0, 0.05) is 24.6 Å². The van der Waals surface area contributed by atoms with Crippen LogP contribution >= 0.6 is 0 Å². The van der Waals surface area contributed by atoms with E-state index in [1.54, 1.807) is 0 Å². The molecular weight excluding hydrogens is 153 g/mol. The Labute approximate surface area is 68.2 Å². The number of rotatable bonds is 0. The van der Waals surface area contributed by atoms with Crippen molar-refractivity contribution in [3.05, 3.63) is 5.92 Å². The van der Waals surface area contributed by atoms with Crippen LogP contribution in [0.3, 0.4) is 0 Å². The summed E-state index contributed by atoms with van der Waals surface area (Å²) >= 11 is 0. The van der Waals surface area contributed by atoms with Crippen molar-refractivity contribution in [2.75, 3.05) is 6.61 Å². The summed E-state index contributed by atoms with van der Waals surface area (Å²) in [6, 6.07) is 0.503. The average molecular weight is 165 g/mol. The molecule has 0 aromatic rings. The molecule has 1 aliphatic heterocycles. The normalized spacial score (nSPS) is 29.3.